The van der Waals surface area contributed by atoms with Crippen LogP contribution >= 0.6 is 23.8 Å². The van der Waals surface area contributed by atoms with Crippen LogP contribution in [0.3, 0.4) is 0 Å². The summed E-state index contributed by atoms with van der Waals surface area (Å²) < 4.78 is 41.3. The summed E-state index contributed by atoms with van der Waals surface area (Å²) in [6.07, 6.45) is -3.59. The van der Waals surface area contributed by atoms with E-state index >= 15 is 0 Å². The Morgan fingerprint density at radius 2 is 1.93 bits per heavy atom. The fourth-order valence-corrected chi connectivity index (χ4v) is 3.97. The maximum Gasteiger partial charge on any atom is 0.418 e. The second kappa shape index (κ2) is 8.89. The van der Waals surface area contributed by atoms with Crippen LogP contribution in [0.4, 0.5) is 18.9 Å². The summed E-state index contributed by atoms with van der Waals surface area (Å²) in [6.45, 7) is 5.50. The second-order valence-corrected chi connectivity index (χ2v) is 7.81. The van der Waals surface area contributed by atoms with Crippen molar-refractivity contribution in [3.8, 4) is 0 Å². The molecule has 1 aromatic carbocycles. The van der Waals surface area contributed by atoms with Crippen LogP contribution in [0.15, 0.2) is 24.3 Å². The lowest BCUT2D eigenvalue weighted by Gasteiger charge is -2.25. The minimum atomic E-state index is -4.43. The fourth-order valence-electron chi connectivity index (χ4n) is 3.44. The minimum absolute atomic E-state index is 0.0242. The van der Waals surface area contributed by atoms with E-state index in [4.69, 9.17) is 23.8 Å². The zero-order valence-electron chi connectivity index (χ0n) is 16.3. The predicted octanol–water partition coefficient (Wildman–Crippen LogP) is 4.31. The van der Waals surface area contributed by atoms with Gasteiger partial charge in [0.15, 0.2) is 5.11 Å². The van der Waals surface area contributed by atoms with Crippen LogP contribution in [0.25, 0.3) is 0 Å². The number of nitrogens with one attached hydrogen (secondary N) is 1. The van der Waals surface area contributed by atoms with Gasteiger partial charge in [-0.25, -0.2) is 0 Å². The first kappa shape index (κ1) is 21.9. The fraction of sp³-hybridized carbons (Fsp3) is 0.474. The molecular formula is C19H23ClF3N5S. The lowest BCUT2D eigenvalue weighted by Crippen LogP contribution is -2.38. The van der Waals surface area contributed by atoms with Crippen LogP contribution in [0.2, 0.25) is 5.15 Å². The molecule has 0 radical (unpaired) electrons. The third-order valence-corrected chi connectivity index (χ3v) is 5.83. The zero-order valence-corrected chi connectivity index (χ0v) is 17.8. The third-order valence-electron chi connectivity index (χ3n) is 5.00. The molecule has 0 bridgehead atoms. The number of thiocarbonyl (C=S) groups is 1. The van der Waals surface area contributed by atoms with Gasteiger partial charge in [0.2, 0.25) is 0 Å². The molecule has 0 amide bonds. The number of nitrogens with zero attached hydrogens (tertiary/aromatic N) is 4. The molecule has 2 aromatic rings. The van der Waals surface area contributed by atoms with E-state index in [9.17, 15) is 13.2 Å². The van der Waals surface area contributed by atoms with Gasteiger partial charge in [0.1, 0.15) is 5.15 Å². The average Bonchev–Trinajstić information content (AvgIpc) is 2.83. The van der Waals surface area contributed by atoms with Crippen molar-refractivity contribution in [3.05, 3.63) is 46.2 Å². The molecule has 0 saturated carbocycles. The summed E-state index contributed by atoms with van der Waals surface area (Å²) in [5.41, 5.74) is 1.16. The maximum atomic E-state index is 13.2. The van der Waals surface area contributed by atoms with Gasteiger partial charge < -0.3 is 10.2 Å². The first-order chi connectivity index (χ1) is 13.7. The van der Waals surface area contributed by atoms with E-state index in [1.54, 1.807) is 10.7 Å². The Kier molecular flexibility index (Phi) is 6.70. The maximum absolute atomic E-state index is 13.2. The van der Waals surface area contributed by atoms with E-state index in [2.05, 4.69) is 15.3 Å². The van der Waals surface area contributed by atoms with Gasteiger partial charge in [-0.05, 0) is 37.7 Å². The second-order valence-electron chi connectivity index (χ2n) is 7.07. The van der Waals surface area contributed by atoms with Crippen LogP contribution in [-0.4, -0.2) is 50.9 Å². The molecule has 0 unspecified atom stereocenters. The summed E-state index contributed by atoms with van der Waals surface area (Å²) in [5.74, 6) is 0. The quantitative estimate of drug-likeness (QED) is 0.712. The Labute approximate surface area is 178 Å². The molecule has 1 aromatic heterocycles. The first-order valence-electron chi connectivity index (χ1n) is 9.29. The number of para-hydroxylation sites is 1. The number of hydrogen-bond acceptors (Lipinski definition) is 3. The number of benzene rings is 1. The van der Waals surface area contributed by atoms with Crippen LogP contribution in [-0.2, 0) is 19.8 Å². The summed E-state index contributed by atoms with van der Waals surface area (Å²) in [6, 6.07) is 5.37. The summed E-state index contributed by atoms with van der Waals surface area (Å²) >= 11 is 11.7. The highest BCUT2D eigenvalue weighted by molar-refractivity contribution is 7.80. The van der Waals surface area contributed by atoms with Gasteiger partial charge in [-0.1, -0.05) is 23.7 Å². The zero-order chi connectivity index (χ0) is 21.2. The predicted molar refractivity (Wildman–Crippen MR) is 112 cm³/mol. The van der Waals surface area contributed by atoms with Gasteiger partial charge in [0, 0.05) is 45.3 Å². The Bertz CT molecular complexity index is 883. The Morgan fingerprint density at radius 3 is 2.59 bits per heavy atom. The molecule has 5 nitrogen and oxygen atoms in total. The lowest BCUT2D eigenvalue weighted by atomic mass is 10.1. The summed E-state index contributed by atoms with van der Waals surface area (Å²) in [4.78, 5) is 4.18. The van der Waals surface area contributed by atoms with Crippen molar-refractivity contribution in [2.45, 2.75) is 26.1 Å². The molecule has 10 heteroatoms. The molecular weight excluding hydrogens is 423 g/mol. The van der Waals surface area contributed by atoms with E-state index in [0.717, 1.165) is 36.8 Å². The lowest BCUT2D eigenvalue weighted by molar-refractivity contribution is -0.136. The normalized spacial score (nSPS) is 16.0. The van der Waals surface area contributed by atoms with E-state index in [1.807, 2.05) is 18.9 Å². The molecule has 158 valence electrons. The number of halogens is 4. The Morgan fingerprint density at radius 1 is 1.21 bits per heavy atom. The molecule has 3 rings (SSSR count). The van der Waals surface area contributed by atoms with Crippen molar-refractivity contribution in [1.29, 1.82) is 0 Å². The number of hydrogen-bond donors (Lipinski definition) is 1. The molecule has 1 fully saturated rings. The van der Waals surface area contributed by atoms with Crippen LogP contribution in [0, 0.1) is 6.92 Å². The van der Waals surface area contributed by atoms with Gasteiger partial charge >= 0.3 is 6.18 Å². The van der Waals surface area contributed by atoms with Gasteiger partial charge in [-0.2, -0.15) is 18.3 Å². The highest BCUT2D eigenvalue weighted by Crippen LogP contribution is 2.34. The Balaban J connectivity index is 1.63. The monoisotopic (exact) mass is 445 g/mol. The summed E-state index contributed by atoms with van der Waals surface area (Å²) in [5, 5.41) is 8.06. The highest BCUT2D eigenvalue weighted by atomic mass is 35.5. The molecule has 0 atom stereocenters. The number of aryl methyl sites for hydroxylation is 2. The molecule has 0 aliphatic carbocycles. The number of rotatable bonds is 3. The molecule has 1 aliphatic rings. The van der Waals surface area contributed by atoms with Crippen molar-refractivity contribution in [2.24, 2.45) is 7.05 Å². The van der Waals surface area contributed by atoms with Gasteiger partial charge in [0.25, 0.3) is 0 Å². The van der Waals surface area contributed by atoms with E-state index in [1.165, 1.54) is 12.1 Å². The standard InChI is InChI=1S/C19H23ClF3N5S/c1-13-14(17(20)26(2)25-13)12-27-8-5-9-28(11-10-27)18(29)24-16-7-4-3-6-15(16)19(21,22)23/h3-4,6-7H,5,8-12H2,1-2H3,(H,24,29). The minimum Gasteiger partial charge on any atom is -0.348 e. The van der Waals surface area contributed by atoms with E-state index in [-0.39, 0.29) is 5.69 Å². The van der Waals surface area contributed by atoms with Crippen molar-refractivity contribution in [1.82, 2.24) is 19.6 Å². The average molecular weight is 446 g/mol. The molecule has 2 heterocycles. The number of alkyl halides is 3. The van der Waals surface area contributed by atoms with Crippen LogP contribution < -0.4 is 5.32 Å². The van der Waals surface area contributed by atoms with Gasteiger partial charge in [-0.3, -0.25) is 9.58 Å². The Hall–Kier alpha value is -1.84. The van der Waals surface area contributed by atoms with Crippen LogP contribution in [0.5, 0.6) is 0 Å². The van der Waals surface area contributed by atoms with Crippen LogP contribution in [0.1, 0.15) is 23.2 Å². The van der Waals surface area contributed by atoms with Crippen molar-refractivity contribution in [2.75, 3.05) is 31.5 Å². The van der Waals surface area contributed by atoms with E-state index in [0.29, 0.717) is 29.9 Å². The van der Waals surface area contributed by atoms with Gasteiger partial charge in [0.05, 0.1) is 16.9 Å². The number of aromatic nitrogens is 2. The molecule has 29 heavy (non-hydrogen) atoms. The highest BCUT2D eigenvalue weighted by Gasteiger charge is 2.33. The molecule has 1 saturated heterocycles. The van der Waals surface area contributed by atoms with Gasteiger partial charge in [-0.15, -0.1) is 0 Å². The summed E-state index contributed by atoms with van der Waals surface area (Å²) in [7, 11) is 1.81. The molecule has 1 aliphatic heterocycles. The third kappa shape index (κ3) is 5.21. The SMILES string of the molecule is Cc1nn(C)c(Cl)c1CN1CCCN(C(=S)Nc2ccccc2C(F)(F)F)CC1. The largest absolute Gasteiger partial charge is 0.418 e. The van der Waals surface area contributed by atoms with E-state index < -0.39 is 11.7 Å². The molecule has 0 spiro atoms. The van der Waals surface area contributed by atoms with Crippen molar-refractivity contribution in [3.63, 3.8) is 0 Å². The van der Waals surface area contributed by atoms with Crippen molar-refractivity contribution >= 4 is 34.6 Å². The first-order valence-corrected chi connectivity index (χ1v) is 10.1. The number of anilines is 1. The topological polar surface area (TPSA) is 36.3 Å². The van der Waals surface area contributed by atoms with Crippen molar-refractivity contribution < 1.29 is 13.2 Å². The molecule has 1 N–H and O–H groups in total. The smallest absolute Gasteiger partial charge is 0.348 e.